The van der Waals surface area contributed by atoms with Crippen LogP contribution in [0.4, 0.5) is 5.82 Å². The van der Waals surface area contributed by atoms with Gasteiger partial charge in [0.15, 0.2) is 0 Å². The van der Waals surface area contributed by atoms with E-state index >= 15 is 0 Å². The fraction of sp³-hybridized carbons (Fsp3) is 0.538. The third kappa shape index (κ3) is 1.51. The lowest BCUT2D eigenvalue weighted by Gasteiger charge is -2.12. The quantitative estimate of drug-likeness (QED) is 0.862. The van der Waals surface area contributed by atoms with Crippen molar-refractivity contribution in [1.29, 1.82) is 0 Å². The fourth-order valence-corrected chi connectivity index (χ4v) is 2.44. The van der Waals surface area contributed by atoms with Gasteiger partial charge in [-0.2, -0.15) is 0 Å². The molecular weight excluding hydrogens is 212 g/mol. The van der Waals surface area contributed by atoms with Gasteiger partial charge >= 0.3 is 0 Å². The Hall–Kier alpha value is -1.58. The maximum Gasteiger partial charge on any atom is 0.145 e. The topological polar surface area (TPSA) is 56.7 Å². The first-order chi connectivity index (χ1) is 8.02. The van der Waals surface area contributed by atoms with E-state index in [1.165, 1.54) is 24.1 Å². The molecule has 1 aliphatic rings. The Morgan fingerprint density at radius 3 is 2.71 bits per heavy atom. The Morgan fingerprint density at radius 2 is 2.06 bits per heavy atom. The Morgan fingerprint density at radius 1 is 1.35 bits per heavy atom. The van der Waals surface area contributed by atoms with Crippen LogP contribution < -0.4 is 5.73 Å². The summed E-state index contributed by atoms with van der Waals surface area (Å²) >= 11 is 0. The largest absolute Gasteiger partial charge is 0.383 e. The summed E-state index contributed by atoms with van der Waals surface area (Å²) < 4.78 is 2.30. The van der Waals surface area contributed by atoms with Gasteiger partial charge in [0.25, 0.3) is 0 Å². The SMILES string of the molecule is Cc1c(C)n(CC2(C)CC2)c2ncnc(N)c12. The molecule has 3 rings (SSSR count). The van der Waals surface area contributed by atoms with Crippen LogP contribution in [0.25, 0.3) is 11.0 Å². The maximum atomic E-state index is 5.95. The second kappa shape index (κ2) is 3.22. The van der Waals surface area contributed by atoms with Gasteiger partial charge in [0, 0.05) is 12.2 Å². The molecule has 4 nitrogen and oxygen atoms in total. The van der Waals surface area contributed by atoms with Gasteiger partial charge in [0.1, 0.15) is 17.8 Å². The monoisotopic (exact) mass is 230 g/mol. The van der Waals surface area contributed by atoms with Crippen molar-refractivity contribution in [3.63, 3.8) is 0 Å². The number of nitrogens with zero attached hydrogens (tertiary/aromatic N) is 3. The van der Waals surface area contributed by atoms with Crippen molar-refractivity contribution >= 4 is 16.9 Å². The van der Waals surface area contributed by atoms with Gasteiger partial charge < -0.3 is 10.3 Å². The van der Waals surface area contributed by atoms with Crippen molar-refractivity contribution < 1.29 is 0 Å². The highest BCUT2D eigenvalue weighted by molar-refractivity contribution is 5.90. The summed E-state index contributed by atoms with van der Waals surface area (Å²) in [5.41, 5.74) is 9.88. The van der Waals surface area contributed by atoms with Crippen molar-refractivity contribution in [1.82, 2.24) is 14.5 Å². The van der Waals surface area contributed by atoms with Gasteiger partial charge in [-0.3, -0.25) is 0 Å². The summed E-state index contributed by atoms with van der Waals surface area (Å²) in [5, 5.41) is 1.02. The van der Waals surface area contributed by atoms with Gasteiger partial charge in [0.05, 0.1) is 5.39 Å². The Bertz CT molecular complexity index is 593. The van der Waals surface area contributed by atoms with Crippen molar-refractivity contribution in [2.75, 3.05) is 5.73 Å². The Balaban J connectivity index is 2.23. The van der Waals surface area contributed by atoms with E-state index in [2.05, 4.69) is 35.3 Å². The number of nitrogens with two attached hydrogens (primary N) is 1. The average Bonchev–Trinajstić information content (AvgIpc) is 2.97. The Kier molecular flexibility index (Phi) is 2.00. The molecule has 1 aliphatic carbocycles. The van der Waals surface area contributed by atoms with Crippen molar-refractivity contribution in [3.8, 4) is 0 Å². The minimum atomic E-state index is 0.461. The van der Waals surface area contributed by atoms with E-state index in [4.69, 9.17) is 5.73 Å². The number of hydrogen-bond donors (Lipinski definition) is 1. The van der Waals surface area contributed by atoms with Crippen LogP contribution in [0, 0.1) is 19.3 Å². The van der Waals surface area contributed by atoms with E-state index in [0.29, 0.717) is 11.2 Å². The molecule has 0 amide bonds. The maximum absolute atomic E-state index is 5.95. The molecular formula is C13H18N4. The molecule has 1 fully saturated rings. The number of nitrogen functional groups attached to an aromatic ring is 1. The van der Waals surface area contributed by atoms with Crippen molar-refractivity contribution in [3.05, 3.63) is 17.6 Å². The summed E-state index contributed by atoms with van der Waals surface area (Å²) in [5.74, 6) is 0.593. The number of aromatic nitrogens is 3. The van der Waals surface area contributed by atoms with E-state index in [-0.39, 0.29) is 0 Å². The predicted octanol–water partition coefficient (Wildman–Crippen LogP) is 2.43. The number of hydrogen-bond acceptors (Lipinski definition) is 3. The molecule has 0 aromatic carbocycles. The molecule has 0 aliphatic heterocycles. The summed E-state index contributed by atoms with van der Waals surface area (Å²) in [6, 6.07) is 0. The first kappa shape index (κ1) is 10.6. The zero-order valence-electron chi connectivity index (χ0n) is 10.6. The summed E-state index contributed by atoms with van der Waals surface area (Å²) in [6.45, 7) is 7.61. The van der Waals surface area contributed by atoms with Crippen LogP contribution >= 0.6 is 0 Å². The smallest absolute Gasteiger partial charge is 0.145 e. The molecule has 2 aromatic heterocycles. The molecule has 0 atom stereocenters. The fourth-order valence-electron chi connectivity index (χ4n) is 2.44. The zero-order chi connectivity index (χ0) is 12.2. The van der Waals surface area contributed by atoms with Gasteiger partial charge in [-0.1, -0.05) is 6.92 Å². The van der Waals surface area contributed by atoms with Crippen LogP contribution in [0.1, 0.15) is 31.0 Å². The zero-order valence-corrected chi connectivity index (χ0v) is 10.6. The van der Waals surface area contributed by atoms with E-state index in [9.17, 15) is 0 Å². The molecule has 0 saturated heterocycles. The van der Waals surface area contributed by atoms with Crippen LogP contribution in [0.5, 0.6) is 0 Å². The third-order valence-corrected chi connectivity index (χ3v) is 4.08. The first-order valence-corrected chi connectivity index (χ1v) is 6.08. The minimum absolute atomic E-state index is 0.461. The minimum Gasteiger partial charge on any atom is -0.383 e. The highest BCUT2D eigenvalue weighted by Gasteiger charge is 2.38. The van der Waals surface area contributed by atoms with Gasteiger partial charge in [-0.15, -0.1) is 0 Å². The lowest BCUT2D eigenvalue weighted by molar-refractivity contribution is 0.466. The predicted molar refractivity (Wildman–Crippen MR) is 68.8 cm³/mol. The van der Waals surface area contributed by atoms with Crippen molar-refractivity contribution in [2.45, 2.75) is 40.2 Å². The van der Waals surface area contributed by atoms with Crippen LogP contribution in [0.15, 0.2) is 6.33 Å². The molecule has 2 heterocycles. The van der Waals surface area contributed by atoms with Gasteiger partial charge in [-0.05, 0) is 37.7 Å². The lowest BCUT2D eigenvalue weighted by atomic mass is 10.1. The number of anilines is 1. The average molecular weight is 230 g/mol. The molecule has 2 aromatic rings. The summed E-state index contributed by atoms with van der Waals surface area (Å²) in [7, 11) is 0. The highest BCUT2D eigenvalue weighted by Crippen LogP contribution is 2.47. The van der Waals surface area contributed by atoms with Crippen LogP contribution in [-0.2, 0) is 6.54 Å². The lowest BCUT2D eigenvalue weighted by Crippen LogP contribution is -2.10. The van der Waals surface area contributed by atoms with Crippen LogP contribution in [0.2, 0.25) is 0 Å². The standard InChI is InChI=1S/C13H18N4/c1-8-9(2)17(6-13(3)4-5-13)12-10(8)11(14)15-7-16-12/h7H,4-6H2,1-3H3,(H2,14,15,16). The number of fused-ring (bicyclic) bond motifs is 1. The molecule has 0 unspecified atom stereocenters. The molecule has 90 valence electrons. The molecule has 2 N–H and O–H groups in total. The van der Waals surface area contributed by atoms with Crippen molar-refractivity contribution in [2.24, 2.45) is 5.41 Å². The molecule has 0 spiro atoms. The summed E-state index contributed by atoms with van der Waals surface area (Å²) in [6.07, 6.45) is 4.18. The third-order valence-electron chi connectivity index (χ3n) is 4.08. The second-order valence-electron chi connectivity index (χ2n) is 5.56. The summed E-state index contributed by atoms with van der Waals surface area (Å²) in [4.78, 5) is 8.50. The molecule has 0 radical (unpaired) electrons. The number of rotatable bonds is 2. The van der Waals surface area contributed by atoms with Crippen LogP contribution in [-0.4, -0.2) is 14.5 Å². The van der Waals surface area contributed by atoms with E-state index < -0.39 is 0 Å². The highest BCUT2D eigenvalue weighted by atomic mass is 15.1. The van der Waals surface area contributed by atoms with E-state index in [0.717, 1.165) is 17.6 Å². The molecule has 17 heavy (non-hydrogen) atoms. The van der Waals surface area contributed by atoms with Gasteiger partial charge in [-0.25, -0.2) is 9.97 Å². The first-order valence-electron chi connectivity index (χ1n) is 6.08. The molecule has 4 heteroatoms. The van der Waals surface area contributed by atoms with E-state index in [1.54, 1.807) is 6.33 Å². The Labute approximate surface area is 101 Å². The normalized spacial score (nSPS) is 17.6. The molecule has 1 saturated carbocycles. The number of aryl methyl sites for hydroxylation is 1. The molecule has 0 bridgehead atoms. The van der Waals surface area contributed by atoms with Crippen LogP contribution in [0.3, 0.4) is 0 Å². The van der Waals surface area contributed by atoms with Gasteiger partial charge in [0.2, 0.25) is 0 Å². The van der Waals surface area contributed by atoms with E-state index in [1.807, 2.05) is 0 Å². The second-order valence-corrected chi connectivity index (χ2v) is 5.56.